The number of hydrogen-bond acceptors (Lipinski definition) is 4. The third kappa shape index (κ3) is 9.09. The molecule has 0 spiro atoms. The van der Waals surface area contributed by atoms with Crippen molar-refractivity contribution in [2.75, 3.05) is 53.1 Å². The van der Waals surface area contributed by atoms with E-state index in [0.29, 0.717) is 26.3 Å². The lowest BCUT2D eigenvalue weighted by molar-refractivity contribution is -0.129. The number of carbonyl (C=O) groups excluding carboxylic acids is 1. The number of hydrogen-bond donors (Lipinski definition) is 1. The second-order valence-electron chi connectivity index (χ2n) is 3.70. The molecule has 0 aromatic carbocycles. The molecule has 0 aromatic heterocycles. The molecule has 5 heteroatoms. The summed E-state index contributed by atoms with van der Waals surface area (Å²) in [5.41, 5.74) is 0. The van der Waals surface area contributed by atoms with Crippen molar-refractivity contribution < 1.29 is 14.3 Å². The maximum Gasteiger partial charge on any atom is 0.236 e. The zero-order valence-corrected chi connectivity index (χ0v) is 11.3. The number of rotatable bonds is 11. The van der Waals surface area contributed by atoms with Crippen LogP contribution in [-0.2, 0) is 14.3 Å². The summed E-state index contributed by atoms with van der Waals surface area (Å²) in [6, 6.07) is 0. The highest BCUT2D eigenvalue weighted by Crippen LogP contribution is 1.87. The topological polar surface area (TPSA) is 50.8 Å². The van der Waals surface area contributed by atoms with Gasteiger partial charge in [-0.15, -0.1) is 0 Å². The summed E-state index contributed by atoms with van der Waals surface area (Å²) in [6.45, 7) is 8.68. The minimum atomic E-state index is 0.148. The lowest BCUT2D eigenvalue weighted by Gasteiger charge is -2.18. The molecule has 0 heterocycles. The van der Waals surface area contributed by atoms with E-state index in [1.165, 1.54) is 0 Å². The van der Waals surface area contributed by atoms with Crippen molar-refractivity contribution in [1.29, 1.82) is 0 Å². The molecule has 0 saturated carbocycles. The van der Waals surface area contributed by atoms with E-state index in [2.05, 4.69) is 5.32 Å². The number of amides is 1. The van der Waals surface area contributed by atoms with Gasteiger partial charge in [0.25, 0.3) is 0 Å². The summed E-state index contributed by atoms with van der Waals surface area (Å²) in [5, 5.41) is 3.08. The number of likely N-dealkylation sites (N-methyl/N-ethyl adjacent to an activating group) is 1. The first-order valence-corrected chi connectivity index (χ1v) is 6.31. The predicted molar refractivity (Wildman–Crippen MR) is 68.1 cm³/mol. The van der Waals surface area contributed by atoms with Crippen LogP contribution in [0.4, 0.5) is 0 Å². The minimum Gasteiger partial charge on any atom is -0.385 e. The average molecular weight is 246 g/mol. The molecule has 0 rings (SSSR count). The molecule has 0 aliphatic heterocycles. The van der Waals surface area contributed by atoms with Crippen molar-refractivity contribution in [2.24, 2.45) is 0 Å². The molecule has 5 nitrogen and oxygen atoms in total. The number of ether oxygens (including phenoxy) is 2. The molecule has 0 aliphatic carbocycles. The number of carbonyl (C=O) groups is 1. The average Bonchev–Trinajstić information content (AvgIpc) is 2.34. The third-order valence-electron chi connectivity index (χ3n) is 2.45. The van der Waals surface area contributed by atoms with Crippen molar-refractivity contribution in [3.05, 3.63) is 0 Å². The van der Waals surface area contributed by atoms with Crippen LogP contribution in [0.1, 0.15) is 20.3 Å². The lowest BCUT2D eigenvalue weighted by atomic mass is 10.4. The Kier molecular flexibility index (Phi) is 11.4. The molecular formula is C12H26N2O3. The minimum absolute atomic E-state index is 0.148. The maximum atomic E-state index is 11.6. The second kappa shape index (κ2) is 11.8. The molecule has 0 bridgehead atoms. The van der Waals surface area contributed by atoms with Gasteiger partial charge in [-0.05, 0) is 20.3 Å². The van der Waals surface area contributed by atoms with Gasteiger partial charge in [0.1, 0.15) is 0 Å². The van der Waals surface area contributed by atoms with Gasteiger partial charge in [-0.1, -0.05) is 0 Å². The van der Waals surface area contributed by atoms with E-state index >= 15 is 0 Å². The normalized spacial score (nSPS) is 10.5. The van der Waals surface area contributed by atoms with E-state index in [1.807, 2.05) is 18.7 Å². The number of nitrogens with zero attached hydrogens (tertiary/aromatic N) is 1. The van der Waals surface area contributed by atoms with Gasteiger partial charge in [0.15, 0.2) is 0 Å². The van der Waals surface area contributed by atoms with Crippen LogP contribution in [0.2, 0.25) is 0 Å². The highest BCUT2D eigenvalue weighted by Gasteiger charge is 2.07. The molecule has 0 saturated heterocycles. The molecule has 0 fully saturated rings. The summed E-state index contributed by atoms with van der Waals surface area (Å²) >= 11 is 0. The van der Waals surface area contributed by atoms with Gasteiger partial charge in [0, 0.05) is 40.0 Å². The summed E-state index contributed by atoms with van der Waals surface area (Å²) in [7, 11) is 1.68. The van der Waals surface area contributed by atoms with E-state index in [9.17, 15) is 4.79 Å². The standard InChI is InChI=1S/C12H26N2O3/c1-4-14(5-2)12(15)11-13-7-10-17-9-6-8-16-3/h13H,4-11H2,1-3H3. The van der Waals surface area contributed by atoms with Crippen LogP contribution >= 0.6 is 0 Å². The van der Waals surface area contributed by atoms with Gasteiger partial charge in [-0.25, -0.2) is 0 Å². The van der Waals surface area contributed by atoms with Crippen molar-refractivity contribution in [1.82, 2.24) is 10.2 Å². The Morgan fingerprint density at radius 1 is 1.18 bits per heavy atom. The molecule has 102 valence electrons. The molecule has 0 aromatic rings. The Morgan fingerprint density at radius 2 is 1.88 bits per heavy atom. The van der Waals surface area contributed by atoms with Gasteiger partial charge in [-0.2, -0.15) is 0 Å². The van der Waals surface area contributed by atoms with Crippen molar-refractivity contribution in [2.45, 2.75) is 20.3 Å². The lowest BCUT2D eigenvalue weighted by Crippen LogP contribution is -2.38. The maximum absolute atomic E-state index is 11.6. The Labute approximate surface area is 104 Å². The van der Waals surface area contributed by atoms with Crippen molar-refractivity contribution >= 4 is 5.91 Å². The molecule has 1 amide bonds. The Hall–Kier alpha value is -0.650. The van der Waals surface area contributed by atoms with E-state index in [0.717, 1.165) is 26.1 Å². The molecule has 0 atom stereocenters. The van der Waals surface area contributed by atoms with E-state index in [-0.39, 0.29) is 5.91 Å². The molecular weight excluding hydrogens is 220 g/mol. The van der Waals surface area contributed by atoms with Gasteiger partial charge in [-0.3, -0.25) is 4.79 Å². The van der Waals surface area contributed by atoms with E-state index < -0.39 is 0 Å². The van der Waals surface area contributed by atoms with Gasteiger partial charge in [0.05, 0.1) is 13.2 Å². The summed E-state index contributed by atoms with van der Waals surface area (Å²) in [5.74, 6) is 0.148. The molecule has 0 radical (unpaired) electrons. The fourth-order valence-corrected chi connectivity index (χ4v) is 1.44. The molecule has 1 N–H and O–H groups in total. The van der Waals surface area contributed by atoms with Crippen molar-refractivity contribution in [3.8, 4) is 0 Å². The quantitative estimate of drug-likeness (QED) is 0.539. The summed E-state index contributed by atoms with van der Waals surface area (Å²) < 4.78 is 10.3. The third-order valence-corrected chi connectivity index (χ3v) is 2.45. The van der Waals surface area contributed by atoms with E-state index in [4.69, 9.17) is 9.47 Å². The van der Waals surface area contributed by atoms with Crippen LogP contribution in [-0.4, -0.2) is 63.9 Å². The van der Waals surface area contributed by atoms with Gasteiger partial charge in [0.2, 0.25) is 5.91 Å². The first kappa shape index (κ1) is 16.4. The van der Waals surface area contributed by atoms with Crippen LogP contribution in [0.3, 0.4) is 0 Å². The highest BCUT2D eigenvalue weighted by molar-refractivity contribution is 5.78. The zero-order chi connectivity index (χ0) is 12.9. The highest BCUT2D eigenvalue weighted by atomic mass is 16.5. The molecule has 17 heavy (non-hydrogen) atoms. The fourth-order valence-electron chi connectivity index (χ4n) is 1.44. The second-order valence-corrected chi connectivity index (χ2v) is 3.70. The number of nitrogens with one attached hydrogen (secondary N) is 1. The fraction of sp³-hybridized carbons (Fsp3) is 0.917. The van der Waals surface area contributed by atoms with Crippen LogP contribution < -0.4 is 5.32 Å². The first-order chi connectivity index (χ1) is 8.26. The molecule has 0 aliphatic rings. The monoisotopic (exact) mass is 246 g/mol. The first-order valence-electron chi connectivity index (χ1n) is 6.31. The SMILES string of the molecule is CCN(CC)C(=O)CNCCOCCCOC. The molecule has 0 unspecified atom stereocenters. The smallest absolute Gasteiger partial charge is 0.236 e. The number of methoxy groups -OCH3 is 1. The summed E-state index contributed by atoms with van der Waals surface area (Å²) in [6.07, 6.45) is 0.912. The Balaban J connectivity index is 3.30. The van der Waals surface area contributed by atoms with Gasteiger partial charge >= 0.3 is 0 Å². The van der Waals surface area contributed by atoms with Gasteiger partial charge < -0.3 is 19.7 Å². The van der Waals surface area contributed by atoms with Crippen LogP contribution in [0.5, 0.6) is 0 Å². The summed E-state index contributed by atoms with van der Waals surface area (Å²) in [4.78, 5) is 13.4. The zero-order valence-electron chi connectivity index (χ0n) is 11.3. The van der Waals surface area contributed by atoms with Crippen LogP contribution in [0.25, 0.3) is 0 Å². The van der Waals surface area contributed by atoms with E-state index in [1.54, 1.807) is 7.11 Å². The predicted octanol–water partition coefficient (Wildman–Crippen LogP) is 0.498. The Morgan fingerprint density at radius 3 is 2.47 bits per heavy atom. The largest absolute Gasteiger partial charge is 0.385 e. The van der Waals surface area contributed by atoms with Crippen molar-refractivity contribution in [3.63, 3.8) is 0 Å². The Bertz CT molecular complexity index is 185. The van der Waals surface area contributed by atoms with Crippen LogP contribution in [0.15, 0.2) is 0 Å². The van der Waals surface area contributed by atoms with Crippen LogP contribution in [0, 0.1) is 0 Å².